The first-order valence-corrected chi connectivity index (χ1v) is 9.70. The van der Waals surface area contributed by atoms with Crippen LogP contribution >= 0.6 is 0 Å². The van der Waals surface area contributed by atoms with Crippen molar-refractivity contribution in [2.24, 2.45) is 5.73 Å². The van der Waals surface area contributed by atoms with Gasteiger partial charge in [-0.3, -0.25) is 9.89 Å². The highest BCUT2D eigenvalue weighted by Gasteiger charge is 2.20. The van der Waals surface area contributed by atoms with Crippen molar-refractivity contribution in [1.82, 2.24) is 10.2 Å². The van der Waals surface area contributed by atoms with Crippen molar-refractivity contribution in [3.63, 3.8) is 0 Å². The van der Waals surface area contributed by atoms with Crippen molar-refractivity contribution in [1.29, 1.82) is 0 Å². The van der Waals surface area contributed by atoms with E-state index in [-0.39, 0.29) is 17.6 Å². The molecule has 0 aliphatic rings. The second-order valence-corrected chi connectivity index (χ2v) is 7.00. The van der Waals surface area contributed by atoms with Crippen LogP contribution in [-0.2, 0) is 4.79 Å². The minimum absolute atomic E-state index is 0.117. The van der Waals surface area contributed by atoms with Gasteiger partial charge in [0.05, 0.1) is 11.4 Å². The van der Waals surface area contributed by atoms with E-state index in [4.69, 9.17) is 5.73 Å². The van der Waals surface area contributed by atoms with E-state index in [0.29, 0.717) is 30.2 Å². The molecule has 0 spiro atoms. The average Bonchev–Trinajstić information content (AvgIpc) is 3.14. The van der Waals surface area contributed by atoms with Crippen LogP contribution in [0.5, 0.6) is 0 Å². The first-order chi connectivity index (χ1) is 14.6. The first kappa shape index (κ1) is 19.6. The second kappa shape index (κ2) is 8.75. The Balaban J connectivity index is 1.57. The molecule has 0 saturated heterocycles. The lowest BCUT2D eigenvalue weighted by atomic mass is 9.94. The van der Waals surface area contributed by atoms with E-state index >= 15 is 0 Å². The molecule has 4 aromatic rings. The molecule has 4 rings (SSSR count). The predicted molar refractivity (Wildman–Crippen MR) is 117 cm³/mol. The molecule has 5 N–H and O–H groups in total. The number of rotatable bonds is 7. The van der Waals surface area contributed by atoms with Crippen molar-refractivity contribution < 1.29 is 9.18 Å². The zero-order valence-electron chi connectivity index (χ0n) is 16.2. The molecule has 1 aromatic heterocycles. The summed E-state index contributed by atoms with van der Waals surface area (Å²) in [6.45, 7) is 0.412. The lowest BCUT2D eigenvalue weighted by Crippen LogP contribution is -2.23. The maximum Gasteiger partial charge on any atom is 0.231 e. The fraction of sp³-hybridized carbons (Fsp3) is 0.130. The highest BCUT2D eigenvalue weighted by molar-refractivity contribution is 6.00. The number of carbonyl (C=O) groups excluding carboxylic acids is 1. The molecule has 30 heavy (non-hydrogen) atoms. The standard InChI is InChI=1S/C23H22FN5O/c24-16-7-4-8-17(13-16)26-22-20-14-18(9-10-21(20)28-29-22)27-23(30)19(11-12-25)15-5-2-1-3-6-15/h1-10,13-14,19H,11-12,25H2,(H,27,30)(H2,26,28,29). The molecule has 0 aliphatic carbocycles. The average molecular weight is 403 g/mol. The molecular weight excluding hydrogens is 381 g/mol. The van der Waals surface area contributed by atoms with E-state index < -0.39 is 0 Å². The molecule has 152 valence electrons. The molecule has 1 unspecified atom stereocenters. The van der Waals surface area contributed by atoms with Gasteiger partial charge in [-0.1, -0.05) is 36.4 Å². The highest BCUT2D eigenvalue weighted by atomic mass is 19.1. The van der Waals surface area contributed by atoms with Gasteiger partial charge in [0.15, 0.2) is 5.82 Å². The monoisotopic (exact) mass is 403 g/mol. The Morgan fingerprint density at radius 1 is 1.03 bits per heavy atom. The molecule has 7 heteroatoms. The number of carbonyl (C=O) groups is 1. The quantitative estimate of drug-likeness (QED) is 0.365. The lowest BCUT2D eigenvalue weighted by molar-refractivity contribution is -0.117. The van der Waals surface area contributed by atoms with Gasteiger partial charge < -0.3 is 16.4 Å². The smallest absolute Gasteiger partial charge is 0.231 e. The number of halogens is 1. The summed E-state index contributed by atoms with van der Waals surface area (Å²) < 4.78 is 13.5. The minimum atomic E-state index is -0.334. The van der Waals surface area contributed by atoms with Crippen LogP contribution in [0.1, 0.15) is 17.9 Å². The third-order valence-corrected chi connectivity index (χ3v) is 4.89. The molecule has 3 aromatic carbocycles. The summed E-state index contributed by atoms with van der Waals surface area (Å²) in [5.74, 6) is -0.233. The number of aromatic nitrogens is 2. The molecule has 6 nitrogen and oxygen atoms in total. The Morgan fingerprint density at radius 2 is 1.87 bits per heavy atom. The van der Waals surface area contributed by atoms with Crippen molar-refractivity contribution >= 4 is 34.0 Å². The number of H-pyrrole nitrogens is 1. The van der Waals surface area contributed by atoms with Crippen LogP contribution in [-0.4, -0.2) is 22.6 Å². The van der Waals surface area contributed by atoms with E-state index in [1.54, 1.807) is 12.1 Å². The minimum Gasteiger partial charge on any atom is -0.338 e. The molecule has 1 atom stereocenters. The van der Waals surface area contributed by atoms with E-state index in [1.807, 2.05) is 48.5 Å². The fourth-order valence-corrected chi connectivity index (χ4v) is 3.42. The van der Waals surface area contributed by atoms with Gasteiger partial charge in [0, 0.05) is 16.8 Å². The fourth-order valence-electron chi connectivity index (χ4n) is 3.42. The summed E-state index contributed by atoms with van der Waals surface area (Å²) in [6, 6.07) is 21.2. The van der Waals surface area contributed by atoms with Crippen LogP contribution in [0.2, 0.25) is 0 Å². The number of nitrogens with zero attached hydrogens (tertiary/aromatic N) is 1. The lowest BCUT2D eigenvalue weighted by Gasteiger charge is -2.16. The molecule has 1 amide bonds. The number of anilines is 3. The zero-order chi connectivity index (χ0) is 20.9. The van der Waals surface area contributed by atoms with Crippen LogP contribution in [0.15, 0.2) is 72.8 Å². The van der Waals surface area contributed by atoms with Crippen LogP contribution in [0.4, 0.5) is 21.6 Å². The zero-order valence-corrected chi connectivity index (χ0v) is 16.2. The van der Waals surface area contributed by atoms with Crippen molar-refractivity contribution in [2.45, 2.75) is 12.3 Å². The van der Waals surface area contributed by atoms with E-state index in [2.05, 4.69) is 20.8 Å². The Bertz CT molecular complexity index is 1160. The van der Waals surface area contributed by atoms with Gasteiger partial charge in [-0.25, -0.2) is 4.39 Å². The number of amides is 1. The normalized spacial score (nSPS) is 11.9. The molecular formula is C23H22FN5O. The Morgan fingerprint density at radius 3 is 2.63 bits per heavy atom. The van der Waals surface area contributed by atoms with Crippen LogP contribution in [0.3, 0.4) is 0 Å². The molecule has 0 aliphatic heterocycles. The SMILES string of the molecule is NCCC(C(=O)Nc1ccc2[nH]nc(Nc3cccc(F)c3)c2c1)c1ccccc1. The van der Waals surface area contributed by atoms with Crippen LogP contribution < -0.4 is 16.4 Å². The molecule has 0 bridgehead atoms. The summed E-state index contributed by atoms with van der Waals surface area (Å²) in [5.41, 5.74) is 8.70. The molecule has 0 fully saturated rings. The van der Waals surface area contributed by atoms with E-state index in [1.165, 1.54) is 12.1 Å². The second-order valence-electron chi connectivity index (χ2n) is 7.00. The summed E-state index contributed by atoms with van der Waals surface area (Å²) >= 11 is 0. The Kier molecular flexibility index (Phi) is 5.72. The summed E-state index contributed by atoms with van der Waals surface area (Å²) in [4.78, 5) is 12.9. The van der Waals surface area contributed by atoms with Crippen molar-refractivity contribution in [2.75, 3.05) is 17.2 Å². The number of aromatic amines is 1. The Labute approximate surface area is 173 Å². The summed E-state index contributed by atoms with van der Waals surface area (Å²) in [5, 5.41) is 14.1. The number of hydrogen-bond acceptors (Lipinski definition) is 4. The maximum atomic E-state index is 13.5. The maximum absolute atomic E-state index is 13.5. The van der Waals surface area contributed by atoms with Gasteiger partial charge in [-0.15, -0.1) is 0 Å². The summed E-state index contributed by atoms with van der Waals surface area (Å²) in [6.07, 6.45) is 0.552. The number of nitrogens with one attached hydrogen (secondary N) is 3. The van der Waals surface area contributed by atoms with Gasteiger partial charge in [-0.2, -0.15) is 5.10 Å². The number of hydrogen-bond donors (Lipinski definition) is 4. The van der Waals surface area contributed by atoms with Gasteiger partial charge in [0.2, 0.25) is 5.91 Å². The first-order valence-electron chi connectivity index (χ1n) is 9.70. The number of fused-ring (bicyclic) bond motifs is 1. The van der Waals surface area contributed by atoms with E-state index in [9.17, 15) is 9.18 Å². The van der Waals surface area contributed by atoms with Gasteiger partial charge in [0.25, 0.3) is 0 Å². The number of benzene rings is 3. The van der Waals surface area contributed by atoms with Crippen LogP contribution in [0.25, 0.3) is 10.9 Å². The number of nitrogens with two attached hydrogens (primary N) is 1. The van der Waals surface area contributed by atoms with Gasteiger partial charge in [-0.05, 0) is 54.9 Å². The van der Waals surface area contributed by atoms with Crippen molar-refractivity contribution in [3.8, 4) is 0 Å². The third kappa shape index (κ3) is 4.31. The molecule has 0 radical (unpaired) electrons. The van der Waals surface area contributed by atoms with Crippen LogP contribution in [0, 0.1) is 5.82 Å². The summed E-state index contributed by atoms with van der Waals surface area (Å²) in [7, 11) is 0. The predicted octanol–water partition coefficient (Wildman–Crippen LogP) is 4.52. The van der Waals surface area contributed by atoms with Crippen molar-refractivity contribution in [3.05, 3.63) is 84.2 Å². The van der Waals surface area contributed by atoms with Gasteiger partial charge in [0.1, 0.15) is 5.82 Å². The third-order valence-electron chi connectivity index (χ3n) is 4.89. The Hall–Kier alpha value is -3.71. The van der Waals surface area contributed by atoms with E-state index in [0.717, 1.165) is 16.5 Å². The molecule has 0 saturated carbocycles. The topological polar surface area (TPSA) is 95.8 Å². The highest BCUT2D eigenvalue weighted by Crippen LogP contribution is 2.28. The molecule has 1 heterocycles. The largest absolute Gasteiger partial charge is 0.338 e. The van der Waals surface area contributed by atoms with Gasteiger partial charge >= 0.3 is 0 Å².